The molecule has 0 radical (unpaired) electrons. The quantitative estimate of drug-likeness (QED) is 0.416. The maximum absolute atomic E-state index is 11.6. The van der Waals surface area contributed by atoms with Gasteiger partial charge in [-0.1, -0.05) is 19.1 Å². The molecule has 0 unspecified atom stereocenters. The van der Waals surface area contributed by atoms with Crippen LogP contribution in [0.2, 0.25) is 0 Å². The highest BCUT2D eigenvalue weighted by molar-refractivity contribution is 6.37. The van der Waals surface area contributed by atoms with Crippen LogP contribution < -0.4 is 9.84 Å². The van der Waals surface area contributed by atoms with Crippen LogP contribution in [0.15, 0.2) is 29.3 Å². The van der Waals surface area contributed by atoms with Gasteiger partial charge in [0.25, 0.3) is 0 Å². The Morgan fingerprint density at radius 2 is 1.87 bits per heavy atom. The maximum atomic E-state index is 11.6. The summed E-state index contributed by atoms with van der Waals surface area (Å²) < 4.78 is 11.4. The van der Waals surface area contributed by atoms with Crippen molar-refractivity contribution in [1.82, 2.24) is 0 Å². The Kier molecular flexibility index (Phi) is 6.60. The second kappa shape index (κ2) is 8.42. The van der Waals surface area contributed by atoms with Crippen molar-refractivity contribution in [2.24, 2.45) is 4.99 Å². The Bertz CT molecular complexity index is 678. The lowest BCUT2D eigenvalue weighted by molar-refractivity contribution is -0.329. The minimum Gasteiger partial charge on any atom is -0.550 e. The van der Waals surface area contributed by atoms with E-state index in [0.717, 1.165) is 10.9 Å². The van der Waals surface area contributed by atoms with E-state index in [1.54, 1.807) is 24.3 Å². The lowest BCUT2D eigenvalue weighted by Crippen LogP contribution is -2.28. The van der Waals surface area contributed by atoms with Crippen LogP contribution in [-0.2, 0) is 19.1 Å². The molecule has 1 aromatic rings. The van der Waals surface area contributed by atoms with Crippen LogP contribution in [0, 0.1) is 0 Å². The fraction of sp³-hybridized carbons (Fsp3) is 0.267. The number of nitrogens with zero attached hydrogens (tertiary/aromatic N) is 2. The number of carbonyl (C=O) groups is 3. The van der Waals surface area contributed by atoms with Crippen LogP contribution >= 0.6 is 0 Å². The first-order chi connectivity index (χ1) is 11.0. The number of aliphatic carboxylic acids is 1. The molecule has 1 heterocycles. The summed E-state index contributed by atoms with van der Waals surface area (Å²) in [6.45, 7) is 1.54. The third kappa shape index (κ3) is 4.47. The number of aliphatic imine (C=N–C) groups is 1. The molecule has 1 aliphatic rings. The van der Waals surface area contributed by atoms with Crippen molar-refractivity contribution in [2.45, 2.75) is 13.3 Å². The van der Waals surface area contributed by atoms with Gasteiger partial charge in [0.05, 0.1) is 14.2 Å². The lowest BCUT2D eigenvalue weighted by Gasteiger charge is -2.08. The minimum atomic E-state index is -0.995. The molecule has 0 aliphatic carbocycles. The summed E-state index contributed by atoms with van der Waals surface area (Å²) in [6.07, 6.45) is 1.25. The number of rotatable bonds is 3. The van der Waals surface area contributed by atoms with E-state index in [2.05, 4.69) is 4.99 Å². The van der Waals surface area contributed by atoms with Crippen LogP contribution in [-0.4, -0.2) is 48.8 Å². The van der Waals surface area contributed by atoms with E-state index >= 15 is 0 Å². The number of hydrogen-bond acceptors (Lipinski definition) is 6. The normalized spacial score (nSPS) is 14.9. The van der Waals surface area contributed by atoms with Gasteiger partial charge in [-0.2, -0.15) is 0 Å². The average Bonchev–Trinajstić information content (AvgIpc) is 2.89. The van der Waals surface area contributed by atoms with Gasteiger partial charge in [-0.05, 0) is 18.6 Å². The summed E-state index contributed by atoms with van der Waals surface area (Å²) >= 11 is 0. The highest BCUT2D eigenvalue weighted by Gasteiger charge is 2.37. The molecule has 122 valence electrons. The maximum Gasteiger partial charge on any atom is 0.464 e. The minimum absolute atomic E-state index is 0.111. The van der Waals surface area contributed by atoms with E-state index in [-0.39, 0.29) is 12.3 Å². The number of ether oxygens (including phenoxy) is 2. The molecule has 0 N–H and O–H groups in total. The number of methoxy groups -OCH3 is 2. The SMILES string of the molecule is CCC(=O)[O-].COC(c1ccccc1OC)=[N+]1C=NC(=O)C1=O. The summed E-state index contributed by atoms with van der Waals surface area (Å²) in [5.41, 5.74) is 0.567. The third-order valence-electron chi connectivity index (χ3n) is 2.73. The van der Waals surface area contributed by atoms with Crippen molar-refractivity contribution in [3.05, 3.63) is 29.8 Å². The summed E-state index contributed by atoms with van der Waals surface area (Å²) in [5.74, 6) is -1.83. The van der Waals surface area contributed by atoms with Gasteiger partial charge in [0, 0.05) is 11.0 Å². The van der Waals surface area contributed by atoms with Gasteiger partial charge < -0.3 is 19.4 Å². The Labute approximate surface area is 132 Å². The molecule has 0 fully saturated rings. The number of amides is 2. The van der Waals surface area contributed by atoms with Crippen LogP contribution in [0.25, 0.3) is 0 Å². The first kappa shape index (κ1) is 18.0. The zero-order chi connectivity index (χ0) is 17.4. The zero-order valence-electron chi connectivity index (χ0n) is 12.9. The van der Waals surface area contributed by atoms with E-state index in [0.29, 0.717) is 11.3 Å². The summed E-state index contributed by atoms with van der Waals surface area (Å²) in [6, 6.07) is 7.02. The van der Waals surface area contributed by atoms with Crippen LogP contribution in [0.1, 0.15) is 18.9 Å². The van der Waals surface area contributed by atoms with Gasteiger partial charge in [0.1, 0.15) is 11.3 Å². The molecule has 8 heteroatoms. The molecule has 0 saturated carbocycles. The predicted molar refractivity (Wildman–Crippen MR) is 78.2 cm³/mol. The van der Waals surface area contributed by atoms with Crippen molar-refractivity contribution in [3.63, 3.8) is 0 Å². The number of carboxylic acid groups (broad SMARTS) is 1. The number of carboxylic acids is 1. The summed E-state index contributed by atoms with van der Waals surface area (Å²) in [7, 11) is 2.92. The van der Waals surface area contributed by atoms with Crippen LogP contribution in [0.4, 0.5) is 0 Å². The molecule has 8 nitrogen and oxygen atoms in total. The largest absolute Gasteiger partial charge is 0.550 e. The Balaban J connectivity index is 0.000000463. The van der Waals surface area contributed by atoms with Crippen molar-refractivity contribution in [1.29, 1.82) is 0 Å². The van der Waals surface area contributed by atoms with Gasteiger partial charge in [0.2, 0.25) is 0 Å². The number of benzene rings is 1. The number of carbonyl (C=O) groups excluding carboxylic acids is 3. The highest BCUT2D eigenvalue weighted by Crippen LogP contribution is 2.18. The molecule has 2 rings (SSSR count). The molecule has 2 amide bonds. The zero-order valence-corrected chi connectivity index (χ0v) is 12.9. The Morgan fingerprint density at radius 1 is 1.26 bits per heavy atom. The first-order valence-electron chi connectivity index (χ1n) is 6.62. The van der Waals surface area contributed by atoms with Gasteiger partial charge in [0.15, 0.2) is 0 Å². The molecule has 0 atom stereocenters. The lowest BCUT2D eigenvalue weighted by atomic mass is 10.2. The molecule has 0 aromatic heterocycles. The Morgan fingerprint density at radius 3 is 2.30 bits per heavy atom. The topological polar surface area (TPSA) is 108 Å². The molecule has 0 spiro atoms. The third-order valence-corrected chi connectivity index (χ3v) is 2.73. The highest BCUT2D eigenvalue weighted by atomic mass is 16.5. The molecule has 0 saturated heterocycles. The molecular weight excluding hydrogens is 304 g/mol. The smallest absolute Gasteiger partial charge is 0.464 e. The van der Waals surface area contributed by atoms with E-state index in [4.69, 9.17) is 9.47 Å². The van der Waals surface area contributed by atoms with E-state index in [1.165, 1.54) is 21.1 Å². The fourth-order valence-corrected chi connectivity index (χ4v) is 1.62. The van der Waals surface area contributed by atoms with Gasteiger partial charge in [-0.15, -0.1) is 4.58 Å². The summed E-state index contributed by atoms with van der Waals surface area (Å²) in [4.78, 5) is 35.4. The van der Waals surface area contributed by atoms with Gasteiger partial charge >= 0.3 is 24.1 Å². The van der Waals surface area contributed by atoms with Crippen molar-refractivity contribution in [2.75, 3.05) is 14.2 Å². The van der Waals surface area contributed by atoms with Gasteiger partial charge in [-0.25, -0.2) is 9.59 Å². The first-order valence-corrected chi connectivity index (χ1v) is 6.62. The van der Waals surface area contributed by atoms with E-state index < -0.39 is 17.8 Å². The van der Waals surface area contributed by atoms with E-state index in [1.807, 2.05) is 0 Å². The molecule has 1 aliphatic heterocycles. The number of para-hydroxylation sites is 1. The Hall–Kier alpha value is -3.03. The molecular formula is C15H16N2O6. The molecule has 0 bridgehead atoms. The van der Waals surface area contributed by atoms with Crippen molar-refractivity contribution < 1.29 is 33.5 Å². The second-order valence-corrected chi connectivity index (χ2v) is 4.16. The van der Waals surface area contributed by atoms with Crippen LogP contribution in [0.3, 0.4) is 0 Å². The average molecular weight is 320 g/mol. The monoisotopic (exact) mass is 320 g/mol. The standard InChI is InChI=1S/C12H11N2O4.C3H6O2/c1-17-9-6-4-3-5-8(9)12(18-2)14-7-13-10(15)11(14)16;1-2-3(4)5/h3-7H,1-2H3;2H2,1H3,(H,4,5)/q+1;/p-1. The number of hydrogen-bond donors (Lipinski definition) is 0. The van der Waals surface area contributed by atoms with Crippen LogP contribution in [0.5, 0.6) is 5.75 Å². The fourth-order valence-electron chi connectivity index (χ4n) is 1.62. The van der Waals surface area contributed by atoms with Gasteiger partial charge in [-0.3, -0.25) is 0 Å². The predicted octanol–water partition coefficient (Wildman–Crippen LogP) is -0.658. The summed E-state index contributed by atoms with van der Waals surface area (Å²) in [5, 5.41) is 9.26. The second-order valence-electron chi connectivity index (χ2n) is 4.16. The van der Waals surface area contributed by atoms with E-state index in [9.17, 15) is 19.5 Å². The van der Waals surface area contributed by atoms with Crippen molar-refractivity contribution in [3.8, 4) is 5.75 Å². The van der Waals surface area contributed by atoms with Crippen molar-refractivity contribution >= 4 is 30.0 Å². The molecule has 1 aromatic carbocycles. The molecule has 23 heavy (non-hydrogen) atoms.